The minimum Gasteiger partial charge on any atom is -0.314 e. The largest absolute Gasteiger partial charge is 0.314 e. The molecule has 2 unspecified atom stereocenters. The predicted octanol–water partition coefficient (Wildman–Crippen LogP) is 3.98. The van der Waals surface area contributed by atoms with E-state index in [0.717, 1.165) is 24.4 Å². The highest BCUT2D eigenvalue weighted by molar-refractivity contribution is 4.87. The minimum absolute atomic E-state index is 0.830. The van der Waals surface area contributed by atoms with Gasteiger partial charge in [-0.2, -0.15) is 0 Å². The molecule has 0 bridgehead atoms. The van der Waals surface area contributed by atoms with E-state index in [1.165, 1.54) is 44.9 Å². The first kappa shape index (κ1) is 13.0. The van der Waals surface area contributed by atoms with Crippen LogP contribution in [-0.4, -0.2) is 12.6 Å². The number of hydrogen-bond acceptors (Lipinski definition) is 1. The van der Waals surface area contributed by atoms with Crippen LogP contribution in [0, 0.1) is 11.8 Å². The molecule has 1 aliphatic carbocycles. The summed E-state index contributed by atoms with van der Waals surface area (Å²) < 4.78 is 0. The summed E-state index contributed by atoms with van der Waals surface area (Å²) in [5.74, 6) is 1.98. The fraction of sp³-hybridized carbons (Fsp3) is 1.00. The van der Waals surface area contributed by atoms with Crippen molar-refractivity contribution in [3.63, 3.8) is 0 Å². The first-order chi connectivity index (χ1) is 7.31. The van der Waals surface area contributed by atoms with Crippen molar-refractivity contribution in [1.29, 1.82) is 0 Å². The Hall–Kier alpha value is -0.0400. The van der Waals surface area contributed by atoms with Crippen molar-refractivity contribution >= 4 is 0 Å². The second-order valence-electron chi connectivity index (χ2n) is 5.15. The van der Waals surface area contributed by atoms with E-state index < -0.39 is 0 Å². The fourth-order valence-electron chi connectivity index (χ4n) is 2.54. The Morgan fingerprint density at radius 2 is 1.93 bits per heavy atom. The smallest absolute Gasteiger partial charge is 0.00978 e. The maximum atomic E-state index is 3.69. The molecular weight excluding hydrogens is 182 g/mol. The van der Waals surface area contributed by atoms with Gasteiger partial charge in [0.05, 0.1) is 0 Å². The second kappa shape index (κ2) is 7.27. The maximum absolute atomic E-state index is 3.69. The number of nitrogens with one attached hydrogen (secondary N) is 1. The number of hydrogen-bond donors (Lipinski definition) is 1. The van der Waals surface area contributed by atoms with Gasteiger partial charge in [-0.3, -0.25) is 0 Å². The van der Waals surface area contributed by atoms with Crippen molar-refractivity contribution in [3.8, 4) is 0 Å². The highest BCUT2D eigenvalue weighted by Gasteiger charge is 2.31. The van der Waals surface area contributed by atoms with E-state index in [0.29, 0.717) is 0 Å². The molecule has 0 aromatic rings. The number of unbranched alkanes of at least 4 members (excludes halogenated alkanes) is 1. The molecule has 2 atom stereocenters. The van der Waals surface area contributed by atoms with Gasteiger partial charge in [0.2, 0.25) is 0 Å². The van der Waals surface area contributed by atoms with E-state index in [-0.39, 0.29) is 0 Å². The lowest BCUT2D eigenvalue weighted by molar-refractivity contribution is 0.331. The van der Waals surface area contributed by atoms with E-state index in [1.807, 2.05) is 0 Å². The third-order valence-electron chi connectivity index (χ3n) is 3.79. The van der Waals surface area contributed by atoms with Crippen LogP contribution in [0.2, 0.25) is 0 Å². The molecule has 15 heavy (non-hydrogen) atoms. The Kier molecular flexibility index (Phi) is 6.31. The molecule has 1 rings (SSSR count). The van der Waals surface area contributed by atoms with E-state index in [9.17, 15) is 0 Å². The standard InChI is InChI=1S/C14H29N/c1-4-7-8-12(5-2)11-14(15-6-3)13-9-10-13/h12-15H,4-11H2,1-3H3. The molecule has 1 heteroatoms. The summed E-state index contributed by atoms with van der Waals surface area (Å²) >= 11 is 0. The van der Waals surface area contributed by atoms with Crippen LogP contribution in [0.3, 0.4) is 0 Å². The van der Waals surface area contributed by atoms with Crippen molar-refractivity contribution in [2.45, 2.75) is 71.8 Å². The average Bonchev–Trinajstić information content (AvgIpc) is 3.06. The van der Waals surface area contributed by atoms with Crippen molar-refractivity contribution in [1.82, 2.24) is 5.32 Å². The summed E-state index contributed by atoms with van der Waals surface area (Å²) in [5.41, 5.74) is 0. The quantitative estimate of drug-likeness (QED) is 0.608. The Morgan fingerprint density at radius 1 is 1.20 bits per heavy atom. The zero-order chi connectivity index (χ0) is 11.1. The van der Waals surface area contributed by atoms with Gasteiger partial charge in [-0.1, -0.05) is 46.5 Å². The summed E-state index contributed by atoms with van der Waals surface area (Å²) in [6.07, 6.45) is 9.96. The van der Waals surface area contributed by atoms with Crippen LogP contribution in [0.25, 0.3) is 0 Å². The third kappa shape index (κ3) is 5.01. The van der Waals surface area contributed by atoms with Crippen LogP contribution in [0.15, 0.2) is 0 Å². The lowest BCUT2D eigenvalue weighted by Crippen LogP contribution is -2.32. The van der Waals surface area contributed by atoms with Gasteiger partial charge >= 0.3 is 0 Å². The molecule has 0 amide bonds. The minimum atomic E-state index is 0.830. The van der Waals surface area contributed by atoms with Gasteiger partial charge in [-0.25, -0.2) is 0 Å². The zero-order valence-electron chi connectivity index (χ0n) is 10.9. The summed E-state index contributed by atoms with van der Waals surface area (Å²) in [6, 6.07) is 0.830. The first-order valence-corrected chi connectivity index (χ1v) is 7.05. The molecule has 0 aromatic carbocycles. The molecule has 1 N–H and O–H groups in total. The van der Waals surface area contributed by atoms with Crippen LogP contribution in [0.4, 0.5) is 0 Å². The molecule has 0 spiro atoms. The molecule has 1 fully saturated rings. The molecule has 0 heterocycles. The van der Waals surface area contributed by atoms with Gasteiger partial charge in [0.1, 0.15) is 0 Å². The molecule has 1 aliphatic rings. The molecular formula is C14H29N. The van der Waals surface area contributed by atoms with Gasteiger partial charge in [0.15, 0.2) is 0 Å². The topological polar surface area (TPSA) is 12.0 Å². The fourth-order valence-corrected chi connectivity index (χ4v) is 2.54. The van der Waals surface area contributed by atoms with Crippen LogP contribution in [0.5, 0.6) is 0 Å². The van der Waals surface area contributed by atoms with Gasteiger partial charge in [0.25, 0.3) is 0 Å². The number of rotatable bonds is 9. The third-order valence-corrected chi connectivity index (χ3v) is 3.79. The monoisotopic (exact) mass is 211 g/mol. The summed E-state index contributed by atoms with van der Waals surface area (Å²) in [7, 11) is 0. The lowest BCUT2D eigenvalue weighted by Gasteiger charge is -2.23. The van der Waals surface area contributed by atoms with E-state index in [1.54, 1.807) is 0 Å². The highest BCUT2D eigenvalue weighted by atomic mass is 14.9. The predicted molar refractivity (Wildman–Crippen MR) is 68.1 cm³/mol. The second-order valence-corrected chi connectivity index (χ2v) is 5.15. The summed E-state index contributed by atoms with van der Waals surface area (Å²) in [5, 5.41) is 3.69. The van der Waals surface area contributed by atoms with Crippen molar-refractivity contribution in [2.75, 3.05) is 6.54 Å². The highest BCUT2D eigenvalue weighted by Crippen LogP contribution is 2.36. The Bertz CT molecular complexity index is 151. The SMILES string of the molecule is CCCCC(CC)CC(NCC)C1CC1. The molecule has 0 saturated heterocycles. The molecule has 0 aliphatic heterocycles. The Labute approximate surface area is 96.0 Å². The van der Waals surface area contributed by atoms with E-state index >= 15 is 0 Å². The maximum Gasteiger partial charge on any atom is 0.00978 e. The molecule has 1 nitrogen and oxygen atoms in total. The average molecular weight is 211 g/mol. The van der Waals surface area contributed by atoms with Gasteiger partial charge in [-0.15, -0.1) is 0 Å². The van der Waals surface area contributed by atoms with Crippen molar-refractivity contribution < 1.29 is 0 Å². The van der Waals surface area contributed by atoms with E-state index in [2.05, 4.69) is 26.1 Å². The van der Waals surface area contributed by atoms with Crippen molar-refractivity contribution in [3.05, 3.63) is 0 Å². The lowest BCUT2D eigenvalue weighted by atomic mass is 9.90. The zero-order valence-corrected chi connectivity index (χ0v) is 10.9. The molecule has 1 saturated carbocycles. The van der Waals surface area contributed by atoms with Crippen LogP contribution < -0.4 is 5.32 Å². The summed E-state index contributed by atoms with van der Waals surface area (Å²) in [6.45, 7) is 8.04. The van der Waals surface area contributed by atoms with Crippen LogP contribution in [-0.2, 0) is 0 Å². The molecule has 0 radical (unpaired) electrons. The molecule has 0 aromatic heterocycles. The Balaban J connectivity index is 2.25. The Morgan fingerprint density at radius 3 is 2.40 bits per heavy atom. The van der Waals surface area contributed by atoms with Gasteiger partial charge in [-0.05, 0) is 37.6 Å². The van der Waals surface area contributed by atoms with Gasteiger partial charge < -0.3 is 5.32 Å². The molecule has 90 valence electrons. The van der Waals surface area contributed by atoms with E-state index in [4.69, 9.17) is 0 Å². The van der Waals surface area contributed by atoms with Crippen LogP contribution >= 0.6 is 0 Å². The van der Waals surface area contributed by atoms with Crippen LogP contribution in [0.1, 0.15) is 65.7 Å². The summed E-state index contributed by atoms with van der Waals surface area (Å²) in [4.78, 5) is 0. The normalized spacial score (nSPS) is 20.2. The van der Waals surface area contributed by atoms with Crippen molar-refractivity contribution in [2.24, 2.45) is 11.8 Å². The van der Waals surface area contributed by atoms with Gasteiger partial charge in [0, 0.05) is 6.04 Å². The first-order valence-electron chi connectivity index (χ1n) is 7.05.